The van der Waals surface area contributed by atoms with Crippen molar-refractivity contribution in [3.63, 3.8) is 0 Å². The summed E-state index contributed by atoms with van der Waals surface area (Å²) in [6, 6.07) is 3.78. The highest BCUT2D eigenvalue weighted by Gasteiger charge is 2.21. The van der Waals surface area contributed by atoms with Crippen LogP contribution in [-0.4, -0.2) is 22.7 Å². The van der Waals surface area contributed by atoms with Crippen molar-refractivity contribution in [1.29, 1.82) is 0 Å². The van der Waals surface area contributed by atoms with Gasteiger partial charge in [-0.15, -0.1) is 11.3 Å². The van der Waals surface area contributed by atoms with Crippen LogP contribution >= 0.6 is 11.3 Å². The van der Waals surface area contributed by atoms with E-state index in [0.717, 1.165) is 9.75 Å². The molecule has 0 aliphatic heterocycles. The average molecular weight is 250 g/mol. The molecule has 0 atom stereocenters. The third-order valence-electron chi connectivity index (χ3n) is 2.50. The van der Waals surface area contributed by atoms with Crippen LogP contribution in [0.2, 0.25) is 0 Å². The Labute approximate surface area is 104 Å². The van der Waals surface area contributed by atoms with Gasteiger partial charge in [0.2, 0.25) is 5.78 Å². The summed E-state index contributed by atoms with van der Waals surface area (Å²) < 4.78 is 6.84. The summed E-state index contributed by atoms with van der Waals surface area (Å²) in [6.07, 6.45) is 1.58. The fraction of sp³-hybridized carbons (Fsp3) is 0.333. The van der Waals surface area contributed by atoms with Gasteiger partial charge in [-0.2, -0.15) is 5.10 Å². The molecule has 5 heteroatoms. The molecule has 2 rings (SSSR count). The van der Waals surface area contributed by atoms with Crippen molar-refractivity contribution in [3.8, 4) is 5.75 Å². The van der Waals surface area contributed by atoms with Crippen LogP contribution in [0.1, 0.15) is 27.2 Å². The fourth-order valence-corrected chi connectivity index (χ4v) is 2.47. The normalized spacial score (nSPS) is 10.5. The lowest BCUT2D eigenvalue weighted by atomic mass is 10.2. The largest absolute Gasteiger partial charge is 0.493 e. The lowest BCUT2D eigenvalue weighted by Gasteiger charge is -2.04. The monoisotopic (exact) mass is 250 g/mol. The van der Waals surface area contributed by atoms with E-state index in [9.17, 15) is 4.79 Å². The number of thiophene rings is 1. The summed E-state index contributed by atoms with van der Waals surface area (Å²) in [6.45, 7) is 4.58. The second kappa shape index (κ2) is 4.71. The number of aromatic nitrogens is 2. The van der Waals surface area contributed by atoms with E-state index in [1.807, 2.05) is 26.0 Å². The minimum atomic E-state index is -0.0284. The Morgan fingerprint density at radius 2 is 2.29 bits per heavy atom. The van der Waals surface area contributed by atoms with Gasteiger partial charge in [0.05, 0.1) is 18.2 Å². The van der Waals surface area contributed by atoms with Crippen LogP contribution in [0.15, 0.2) is 18.3 Å². The molecule has 0 N–H and O–H groups in total. The first-order valence-electron chi connectivity index (χ1n) is 5.38. The van der Waals surface area contributed by atoms with Crippen molar-refractivity contribution >= 4 is 17.1 Å². The molecule has 90 valence electrons. The number of hydrogen-bond acceptors (Lipinski definition) is 4. The molecule has 2 aromatic rings. The van der Waals surface area contributed by atoms with Crippen molar-refractivity contribution in [2.24, 2.45) is 0 Å². The Morgan fingerprint density at radius 1 is 1.53 bits per heavy atom. The van der Waals surface area contributed by atoms with Crippen molar-refractivity contribution in [1.82, 2.24) is 9.78 Å². The number of methoxy groups -OCH3 is 1. The summed E-state index contributed by atoms with van der Waals surface area (Å²) in [4.78, 5) is 14.2. The van der Waals surface area contributed by atoms with E-state index < -0.39 is 0 Å². The van der Waals surface area contributed by atoms with E-state index in [0.29, 0.717) is 18.0 Å². The molecule has 0 aliphatic rings. The maximum atomic E-state index is 12.3. The quantitative estimate of drug-likeness (QED) is 0.783. The average Bonchev–Trinajstić information content (AvgIpc) is 2.93. The van der Waals surface area contributed by atoms with Crippen LogP contribution in [0, 0.1) is 6.92 Å². The van der Waals surface area contributed by atoms with Crippen LogP contribution in [0.3, 0.4) is 0 Å². The molecule has 0 bridgehead atoms. The number of ketones is 1. The summed E-state index contributed by atoms with van der Waals surface area (Å²) in [5, 5.41) is 4.13. The molecule has 0 unspecified atom stereocenters. The minimum absolute atomic E-state index is 0.0284. The highest BCUT2D eigenvalue weighted by Crippen LogP contribution is 2.24. The van der Waals surface area contributed by atoms with Gasteiger partial charge in [-0.25, -0.2) is 0 Å². The number of hydrogen-bond donors (Lipinski definition) is 0. The molecule has 4 nitrogen and oxygen atoms in total. The van der Waals surface area contributed by atoms with E-state index >= 15 is 0 Å². The topological polar surface area (TPSA) is 44.1 Å². The van der Waals surface area contributed by atoms with Crippen molar-refractivity contribution < 1.29 is 9.53 Å². The van der Waals surface area contributed by atoms with Gasteiger partial charge in [-0.1, -0.05) is 0 Å². The van der Waals surface area contributed by atoms with E-state index in [1.54, 1.807) is 18.0 Å². The predicted molar refractivity (Wildman–Crippen MR) is 66.9 cm³/mol. The summed E-state index contributed by atoms with van der Waals surface area (Å²) in [5.41, 5.74) is 0.525. The molecule has 0 spiro atoms. The second-order valence-electron chi connectivity index (χ2n) is 3.62. The molecule has 0 aliphatic carbocycles. The highest BCUT2D eigenvalue weighted by molar-refractivity contribution is 7.14. The lowest BCUT2D eigenvalue weighted by molar-refractivity contribution is 0.103. The summed E-state index contributed by atoms with van der Waals surface area (Å²) in [5.74, 6) is 0.502. The first-order valence-corrected chi connectivity index (χ1v) is 6.20. The maximum absolute atomic E-state index is 12.3. The Hall–Kier alpha value is -1.62. The number of ether oxygens (including phenoxy) is 1. The third-order valence-corrected chi connectivity index (χ3v) is 3.50. The van der Waals surface area contributed by atoms with Crippen LogP contribution in [0.25, 0.3) is 0 Å². The summed E-state index contributed by atoms with van der Waals surface area (Å²) in [7, 11) is 1.55. The van der Waals surface area contributed by atoms with Gasteiger partial charge in [0.15, 0.2) is 11.4 Å². The first kappa shape index (κ1) is 11.9. The highest BCUT2D eigenvalue weighted by atomic mass is 32.1. The zero-order valence-corrected chi connectivity index (χ0v) is 10.9. The Morgan fingerprint density at radius 3 is 2.82 bits per heavy atom. The maximum Gasteiger partial charge on any atom is 0.224 e. The summed E-state index contributed by atoms with van der Waals surface area (Å²) >= 11 is 1.49. The number of rotatable bonds is 4. The van der Waals surface area contributed by atoms with Crippen molar-refractivity contribution in [2.75, 3.05) is 7.11 Å². The number of carbonyl (C=O) groups excluding carboxylic acids is 1. The molecule has 0 amide bonds. The van der Waals surface area contributed by atoms with Gasteiger partial charge in [0.1, 0.15) is 0 Å². The molecular weight excluding hydrogens is 236 g/mol. The molecule has 0 fully saturated rings. The second-order valence-corrected chi connectivity index (χ2v) is 4.90. The van der Waals surface area contributed by atoms with Gasteiger partial charge >= 0.3 is 0 Å². The van der Waals surface area contributed by atoms with Crippen molar-refractivity contribution in [2.45, 2.75) is 20.4 Å². The van der Waals surface area contributed by atoms with E-state index in [-0.39, 0.29) is 5.78 Å². The van der Waals surface area contributed by atoms with Gasteiger partial charge in [0.25, 0.3) is 0 Å². The number of aryl methyl sites for hydroxylation is 2. The fourth-order valence-electron chi connectivity index (χ4n) is 1.66. The number of nitrogens with zero attached hydrogens (tertiary/aromatic N) is 2. The molecule has 2 aromatic heterocycles. The van der Waals surface area contributed by atoms with E-state index in [4.69, 9.17) is 4.74 Å². The molecular formula is C12H14N2O2S. The standard InChI is InChI=1S/C12H14N2O2S/c1-4-14-11(9(16-3)7-13-14)12(15)10-6-5-8(2)17-10/h5-7H,4H2,1-3H3. The molecule has 0 saturated carbocycles. The SMILES string of the molecule is CCn1ncc(OC)c1C(=O)c1ccc(C)s1. The number of carbonyl (C=O) groups is 1. The molecule has 0 radical (unpaired) electrons. The Bertz CT molecular complexity index is 521. The smallest absolute Gasteiger partial charge is 0.224 e. The molecule has 2 heterocycles. The zero-order chi connectivity index (χ0) is 12.4. The van der Waals surface area contributed by atoms with Crippen LogP contribution in [0.5, 0.6) is 5.75 Å². The van der Waals surface area contributed by atoms with Gasteiger partial charge in [0, 0.05) is 11.4 Å². The molecule has 0 saturated heterocycles. The Balaban J connectivity index is 2.45. The van der Waals surface area contributed by atoms with Gasteiger partial charge < -0.3 is 4.74 Å². The Kier molecular flexibility index (Phi) is 3.28. The van der Waals surface area contributed by atoms with Crippen LogP contribution < -0.4 is 4.74 Å². The van der Waals surface area contributed by atoms with E-state index in [1.165, 1.54) is 11.3 Å². The third kappa shape index (κ3) is 2.10. The zero-order valence-electron chi connectivity index (χ0n) is 10.1. The minimum Gasteiger partial charge on any atom is -0.493 e. The lowest BCUT2D eigenvalue weighted by Crippen LogP contribution is -2.10. The predicted octanol–water partition coefficient (Wildman–Crippen LogP) is 2.51. The molecule has 17 heavy (non-hydrogen) atoms. The van der Waals surface area contributed by atoms with Crippen LogP contribution in [0.4, 0.5) is 0 Å². The van der Waals surface area contributed by atoms with Crippen molar-refractivity contribution in [3.05, 3.63) is 33.8 Å². The molecule has 0 aromatic carbocycles. The first-order chi connectivity index (χ1) is 8.17. The van der Waals surface area contributed by atoms with Crippen LogP contribution in [-0.2, 0) is 6.54 Å². The van der Waals surface area contributed by atoms with Gasteiger partial charge in [-0.05, 0) is 26.0 Å². The van der Waals surface area contributed by atoms with E-state index in [2.05, 4.69) is 5.10 Å². The van der Waals surface area contributed by atoms with Gasteiger partial charge in [-0.3, -0.25) is 9.48 Å².